The first-order valence-corrected chi connectivity index (χ1v) is 9.80. The van der Waals surface area contributed by atoms with E-state index in [1.165, 1.54) is 6.33 Å². The van der Waals surface area contributed by atoms with Crippen LogP contribution in [-0.2, 0) is 0 Å². The number of hydrogen-bond acceptors (Lipinski definition) is 4. The maximum Gasteiger partial charge on any atom is 0.257 e. The lowest BCUT2D eigenvalue weighted by Crippen LogP contribution is -2.30. The third kappa shape index (κ3) is 3.50. The Kier molecular flexibility index (Phi) is 5.18. The lowest BCUT2D eigenvalue weighted by Gasteiger charge is -2.25. The standard InChI is InChI=1S/C23H24N6O/c1-16-7-5-6-8-22(16)29-18(3)21(13-25-29)23(30)27(4)17(2)19-9-11-20(12-10-19)28-15-24-14-26-28/h5-15,17H,1-4H3. The molecule has 7 nitrogen and oxygen atoms in total. The molecule has 2 heterocycles. The van der Waals surface area contributed by atoms with E-state index in [1.807, 2.05) is 81.0 Å². The first-order chi connectivity index (χ1) is 14.5. The molecule has 0 spiro atoms. The first-order valence-electron chi connectivity index (χ1n) is 9.80. The fourth-order valence-corrected chi connectivity index (χ4v) is 3.50. The van der Waals surface area contributed by atoms with Crippen LogP contribution < -0.4 is 0 Å². The van der Waals surface area contributed by atoms with Gasteiger partial charge >= 0.3 is 0 Å². The molecule has 2 aromatic carbocycles. The second-order valence-corrected chi connectivity index (χ2v) is 7.37. The molecular formula is C23H24N6O. The molecule has 0 saturated heterocycles. The van der Waals surface area contributed by atoms with Crippen molar-refractivity contribution in [3.63, 3.8) is 0 Å². The molecule has 30 heavy (non-hydrogen) atoms. The van der Waals surface area contributed by atoms with Crippen LogP contribution in [0.5, 0.6) is 0 Å². The van der Waals surface area contributed by atoms with Gasteiger partial charge in [0.2, 0.25) is 0 Å². The molecule has 0 aliphatic carbocycles. The monoisotopic (exact) mass is 400 g/mol. The maximum atomic E-state index is 13.2. The summed E-state index contributed by atoms with van der Waals surface area (Å²) in [6, 6.07) is 15.9. The number of para-hydroxylation sites is 1. The highest BCUT2D eigenvalue weighted by Crippen LogP contribution is 2.24. The van der Waals surface area contributed by atoms with Gasteiger partial charge in [-0.1, -0.05) is 30.3 Å². The summed E-state index contributed by atoms with van der Waals surface area (Å²) >= 11 is 0. The summed E-state index contributed by atoms with van der Waals surface area (Å²) in [7, 11) is 1.82. The van der Waals surface area contributed by atoms with Gasteiger partial charge in [0.15, 0.2) is 0 Å². The van der Waals surface area contributed by atoms with Crippen molar-refractivity contribution in [2.24, 2.45) is 0 Å². The molecule has 4 aromatic rings. The Labute approximate surface area is 175 Å². The third-order valence-electron chi connectivity index (χ3n) is 5.54. The normalized spacial score (nSPS) is 12.0. The van der Waals surface area contributed by atoms with Crippen LogP contribution in [0.4, 0.5) is 0 Å². The van der Waals surface area contributed by atoms with Gasteiger partial charge in [-0.15, -0.1) is 0 Å². The molecule has 7 heteroatoms. The number of rotatable bonds is 5. The number of nitrogens with zero attached hydrogens (tertiary/aromatic N) is 6. The lowest BCUT2D eigenvalue weighted by atomic mass is 10.1. The number of hydrogen-bond donors (Lipinski definition) is 0. The summed E-state index contributed by atoms with van der Waals surface area (Å²) in [4.78, 5) is 18.9. The minimum Gasteiger partial charge on any atom is -0.335 e. The van der Waals surface area contributed by atoms with Gasteiger partial charge in [-0.3, -0.25) is 4.79 Å². The smallest absolute Gasteiger partial charge is 0.257 e. The molecule has 0 N–H and O–H groups in total. The van der Waals surface area contributed by atoms with E-state index in [-0.39, 0.29) is 11.9 Å². The second-order valence-electron chi connectivity index (χ2n) is 7.37. The lowest BCUT2D eigenvalue weighted by molar-refractivity contribution is 0.0742. The molecule has 2 aromatic heterocycles. The number of benzene rings is 2. The molecule has 1 unspecified atom stereocenters. The van der Waals surface area contributed by atoms with Crippen LogP contribution in [0.1, 0.15) is 40.1 Å². The van der Waals surface area contributed by atoms with Crippen molar-refractivity contribution in [1.82, 2.24) is 29.4 Å². The molecule has 0 bridgehead atoms. The van der Waals surface area contributed by atoms with Crippen molar-refractivity contribution in [3.05, 3.63) is 89.8 Å². The van der Waals surface area contributed by atoms with Crippen molar-refractivity contribution >= 4 is 5.91 Å². The molecule has 0 radical (unpaired) electrons. The van der Waals surface area contributed by atoms with Gasteiger partial charge < -0.3 is 4.90 Å². The van der Waals surface area contributed by atoms with Crippen LogP contribution in [0.2, 0.25) is 0 Å². The van der Waals surface area contributed by atoms with Gasteiger partial charge in [-0.25, -0.2) is 14.3 Å². The SMILES string of the molecule is Cc1ccccc1-n1ncc(C(=O)N(C)C(C)c2ccc(-n3cncn3)cc2)c1C. The van der Waals surface area contributed by atoms with Crippen LogP contribution >= 0.6 is 0 Å². The number of aromatic nitrogens is 5. The molecule has 1 amide bonds. The summed E-state index contributed by atoms with van der Waals surface area (Å²) < 4.78 is 3.53. The molecule has 4 rings (SSSR count). The Hall–Kier alpha value is -3.74. The fourth-order valence-electron chi connectivity index (χ4n) is 3.50. The molecular weight excluding hydrogens is 376 g/mol. The van der Waals surface area contributed by atoms with E-state index in [1.54, 1.807) is 22.1 Å². The van der Waals surface area contributed by atoms with E-state index >= 15 is 0 Å². The van der Waals surface area contributed by atoms with Crippen molar-refractivity contribution in [3.8, 4) is 11.4 Å². The zero-order valence-corrected chi connectivity index (χ0v) is 17.5. The topological polar surface area (TPSA) is 68.8 Å². The molecule has 0 aliphatic rings. The highest BCUT2D eigenvalue weighted by Gasteiger charge is 2.23. The Balaban J connectivity index is 1.56. The number of carbonyl (C=O) groups is 1. The summed E-state index contributed by atoms with van der Waals surface area (Å²) in [6.07, 6.45) is 4.81. The van der Waals surface area contributed by atoms with Gasteiger partial charge in [0.25, 0.3) is 5.91 Å². The van der Waals surface area contributed by atoms with E-state index in [0.29, 0.717) is 5.56 Å². The van der Waals surface area contributed by atoms with E-state index in [2.05, 4.69) is 15.2 Å². The summed E-state index contributed by atoms with van der Waals surface area (Å²) in [5.74, 6) is -0.0554. The molecule has 0 aliphatic heterocycles. The quantitative estimate of drug-likeness (QED) is 0.509. The van der Waals surface area contributed by atoms with Gasteiger partial charge in [0.05, 0.1) is 34.9 Å². The fraction of sp³-hybridized carbons (Fsp3) is 0.217. The predicted molar refractivity (Wildman–Crippen MR) is 115 cm³/mol. The second kappa shape index (κ2) is 7.94. The minimum absolute atomic E-state index is 0.0554. The van der Waals surface area contributed by atoms with Crippen molar-refractivity contribution < 1.29 is 4.79 Å². The van der Waals surface area contributed by atoms with E-state index in [4.69, 9.17) is 0 Å². The Bertz CT molecular complexity index is 1160. The highest BCUT2D eigenvalue weighted by molar-refractivity contribution is 5.95. The molecule has 152 valence electrons. The van der Waals surface area contributed by atoms with E-state index in [0.717, 1.165) is 28.2 Å². The van der Waals surface area contributed by atoms with Gasteiger partial charge in [0.1, 0.15) is 12.7 Å². The predicted octanol–water partition coefficient (Wildman–Crippen LogP) is 3.90. The average Bonchev–Trinajstić information content (AvgIpc) is 3.43. The van der Waals surface area contributed by atoms with Crippen LogP contribution in [0.3, 0.4) is 0 Å². The Morgan fingerprint density at radius 2 is 1.77 bits per heavy atom. The zero-order chi connectivity index (χ0) is 21.3. The molecule has 0 saturated carbocycles. The van der Waals surface area contributed by atoms with Crippen LogP contribution in [0.15, 0.2) is 67.4 Å². The van der Waals surface area contributed by atoms with Gasteiger partial charge in [-0.05, 0) is 50.1 Å². The Morgan fingerprint density at radius 1 is 1.03 bits per heavy atom. The van der Waals surface area contributed by atoms with E-state index in [9.17, 15) is 4.79 Å². The summed E-state index contributed by atoms with van der Waals surface area (Å²) in [5.41, 5.74) is 5.48. The van der Waals surface area contributed by atoms with Crippen molar-refractivity contribution in [2.75, 3.05) is 7.05 Å². The van der Waals surface area contributed by atoms with Crippen LogP contribution in [-0.4, -0.2) is 42.4 Å². The average molecular weight is 400 g/mol. The zero-order valence-electron chi connectivity index (χ0n) is 17.5. The van der Waals surface area contributed by atoms with Crippen LogP contribution in [0.25, 0.3) is 11.4 Å². The summed E-state index contributed by atoms with van der Waals surface area (Å²) in [6.45, 7) is 5.98. The maximum absolute atomic E-state index is 13.2. The van der Waals surface area contributed by atoms with Crippen molar-refractivity contribution in [1.29, 1.82) is 0 Å². The first kappa shape index (κ1) is 19.6. The minimum atomic E-state index is -0.0940. The number of carbonyl (C=O) groups excluding carboxylic acids is 1. The van der Waals surface area contributed by atoms with Crippen LogP contribution in [0, 0.1) is 13.8 Å². The van der Waals surface area contributed by atoms with E-state index < -0.39 is 0 Å². The summed E-state index contributed by atoms with van der Waals surface area (Å²) in [5, 5.41) is 8.61. The molecule has 0 fully saturated rings. The largest absolute Gasteiger partial charge is 0.335 e. The Morgan fingerprint density at radius 3 is 2.43 bits per heavy atom. The number of aryl methyl sites for hydroxylation is 1. The highest BCUT2D eigenvalue weighted by atomic mass is 16.2. The number of amides is 1. The molecule has 1 atom stereocenters. The van der Waals surface area contributed by atoms with Gasteiger partial charge in [-0.2, -0.15) is 10.2 Å². The third-order valence-corrected chi connectivity index (χ3v) is 5.54. The van der Waals surface area contributed by atoms with Gasteiger partial charge in [0, 0.05) is 7.05 Å². The van der Waals surface area contributed by atoms with Crippen molar-refractivity contribution in [2.45, 2.75) is 26.8 Å².